The molecule has 0 saturated carbocycles. The van der Waals surface area contributed by atoms with Crippen molar-refractivity contribution in [3.05, 3.63) is 59.2 Å². The van der Waals surface area contributed by atoms with Crippen LogP contribution in [-0.2, 0) is 4.79 Å². The van der Waals surface area contributed by atoms with Gasteiger partial charge in [-0.15, -0.1) is 0 Å². The number of fused-ring (bicyclic) bond motifs is 1. The van der Waals surface area contributed by atoms with Gasteiger partial charge in [0.15, 0.2) is 0 Å². The highest BCUT2D eigenvalue weighted by atomic mass is 16.2. The second kappa shape index (κ2) is 9.22. The lowest BCUT2D eigenvalue weighted by Gasteiger charge is -2.27. The van der Waals surface area contributed by atoms with Crippen LogP contribution in [-0.4, -0.2) is 53.6 Å². The van der Waals surface area contributed by atoms with Crippen molar-refractivity contribution in [1.29, 1.82) is 0 Å². The molecule has 33 heavy (non-hydrogen) atoms. The topological polar surface area (TPSA) is 79.0 Å². The van der Waals surface area contributed by atoms with Gasteiger partial charge in [0.2, 0.25) is 5.91 Å². The normalized spacial score (nSPS) is 18.3. The van der Waals surface area contributed by atoms with Gasteiger partial charge in [0.05, 0.1) is 5.69 Å². The van der Waals surface area contributed by atoms with E-state index in [1.807, 2.05) is 58.3 Å². The van der Waals surface area contributed by atoms with E-state index < -0.39 is 0 Å². The van der Waals surface area contributed by atoms with Crippen molar-refractivity contribution in [1.82, 2.24) is 9.80 Å². The standard InChI is InChI=1S/C27H30N4O2/c28-25-18-23(27(33)31-12-2-1-3-13-31)16-22-11-10-21(17-24(22)29-25)19-6-8-20(9-7-19)26(32)30-14-4-5-15-30/h6-11,16-17H,1-5,12-15,18H2,(H2,28,29). The Kier molecular flexibility index (Phi) is 5.99. The Morgan fingerprint density at radius 3 is 2.06 bits per heavy atom. The lowest BCUT2D eigenvalue weighted by atomic mass is 9.99. The number of hydrogen-bond acceptors (Lipinski definition) is 4. The molecule has 2 aromatic rings. The molecular formula is C27H30N4O2. The third-order valence-corrected chi connectivity index (χ3v) is 6.77. The molecule has 2 aromatic carbocycles. The fourth-order valence-corrected chi connectivity index (χ4v) is 4.92. The van der Waals surface area contributed by atoms with Crippen molar-refractivity contribution in [2.75, 3.05) is 26.2 Å². The highest BCUT2D eigenvalue weighted by molar-refractivity contribution is 6.05. The number of likely N-dealkylation sites (tertiary alicyclic amines) is 2. The molecule has 2 N–H and O–H groups in total. The Labute approximate surface area is 194 Å². The molecule has 2 saturated heterocycles. The number of benzene rings is 2. The third-order valence-electron chi connectivity index (χ3n) is 6.77. The fraction of sp³-hybridized carbons (Fsp3) is 0.370. The maximum atomic E-state index is 13.0. The molecule has 6 heteroatoms. The number of amidine groups is 1. The minimum atomic E-state index is 0.0723. The predicted molar refractivity (Wildman–Crippen MR) is 131 cm³/mol. The van der Waals surface area contributed by atoms with Crippen LogP contribution in [0.4, 0.5) is 5.69 Å². The van der Waals surface area contributed by atoms with Gasteiger partial charge in [0.25, 0.3) is 5.91 Å². The Morgan fingerprint density at radius 2 is 1.36 bits per heavy atom. The molecule has 170 valence electrons. The van der Waals surface area contributed by atoms with Gasteiger partial charge in [-0.3, -0.25) is 9.59 Å². The highest BCUT2D eigenvalue weighted by Crippen LogP contribution is 2.32. The average molecular weight is 443 g/mol. The van der Waals surface area contributed by atoms with Gasteiger partial charge in [-0.1, -0.05) is 24.3 Å². The van der Waals surface area contributed by atoms with Gasteiger partial charge in [0, 0.05) is 49.3 Å². The zero-order valence-corrected chi connectivity index (χ0v) is 18.9. The van der Waals surface area contributed by atoms with E-state index in [2.05, 4.69) is 4.99 Å². The van der Waals surface area contributed by atoms with E-state index in [1.54, 1.807) is 0 Å². The number of nitrogens with zero attached hydrogens (tertiary/aromatic N) is 3. The van der Waals surface area contributed by atoms with Crippen LogP contribution in [0.3, 0.4) is 0 Å². The molecule has 0 bridgehead atoms. The summed E-state index contributed by atoms with van der Waals surface area (Å²) in [6.07, 6.45) is 7.79. The Morgan fingerprint density at radius 1 is 0.758 bits per heavy atom. The summed E-state index contributed by atoms with van der Waals surface area (Å²) in [5.41, 5.74) is 11.3. The van der Waals surface area contributed by atoms with Crippen molar-refractivity contribution in [3.63, 3.8) is 0 Å². The molecule has 0 unspecified atom stereocenters. The molecule has 0 radical (unpaired) electrons. The molecule has 5 rings (SSSR count). The SMILES string of the molecule is NC1=Nc2cc(-c3ccc(C(=O)N4CCCC4)cc3)ccc2C=C(C(=O)N2CCCCC2)C1. The number of rotatable bonds is 3. The summed E-state index contributed by atoms with van der Waals surface area (Å²) in [4.78, 5) is 34.1. The third kappa shape index (κ3) is 4.56. The minimum Gasteiger partial charge on any atom is -0.387 e. The molecular weight excluding hydrogens is 412 g/mol. The smallest absolute Gasteiger partial charge is 0.253 e. The van der Waals surface area contributed by atoms with Crippen molar-refractivity contribution in [3.8, 4) is 11.1 Å². The first-order valence-corrected chi connectivity index (χ1v) is 12.0. The van der Waals surface area contributed by atoms with Gasteiger partial charge in [-0.25, -0.2) is 4.99 Å². The number of amides is 2. The molecule has 0 atom stereocenters. The molecule has 3 aliphatic heterocycles. The van der Waals surface area contributed by atoms with E-state index in [1.165, 1.54) is 6.42 Å². The number of hydrogen-bond donors (Lipinski definition) is 1. The lowest BCUT2D eigenvalue weighted by Crippen LogP contribution is -2.37. The predicted octanol–water partition coefficient (Wildman–Crippen LogP) is 4.38. The van der Waals surface area contributed by atoms with Crippen molar-refractivity contribution < 1.29 is 9.59 Å². The summed E-state index contributed by atoms with van der Waals surface area (Å²) in [6.45, 7) is 3.33. The van der Waals surface area contributed by atoms with Gasteiger partial charge in [-0.05, 0) is 67.5 Å². The number of aliphatic imine (C=N–C) groups is 1. The van der Waals surface area contributed by atoms with Gasteiger partial charge >= 0.3 is 0 Å². The number of nitrogens with two attached hydrogens (primary N) is 1. The average Bonchev–Trinajstić information content (AvgIpc) is 3.33. The minimum absolute atomic E-state index is 0.0723. The van der Waals surface area contributed by atoms with Crippen LogP contribution in [0.25, 0.3) is 17.2 Å². The molecule has 6 nitrogen and oxygen atoms in total. The van der Waals surface area contributed by atoms with Crippen LogP contribution < -0.4 is 5.73 Å². The van der Waals surface area contributed by atoms with Gasteiger partial charge in [-0.2, -0.15) is 0 Å². The molecule has 3 aliphatic rings. The van der Waals surface area contributed by atoms with Gasteiger partial charge in [0.1, 0.15) is 5.84 Å². The van der Waals surface area contributed by atoms with Crippen LogP contribution in [0, 0.1) is 0 Å². The van der Waals surface area contributed by atoms with E-state index in [0.29, 0.717) is 17.8 Å². The highest BCUT2D eigenvalue weighted by Gasteiger charge is 2.23. The number of carbonyl (C=O) groups is 2. The summed E-state index contributed by atoms with van der Waals surface area (Å²) < 4.78 is 0. The second-order valence-corrected chi connectivity index (χ2v) is 9.15. The molecule has 3 heterocycles. The summed E-state index contributed by atoms with van der Waals surface area (Å²) in [6, 6.07) is 13.8. The van der Waals surface area contributed by atoms with E-state index in [0.717, 1.165) is 79.8 Å². The van der Waals surface area contributed by atoms with Crippen LogP contribution in [0.1, 0.15) is 54.4 Å². The van der Waals surface area contributed by atoms with Gasteiger partial charge < -0.3 is 15.5 Å². The zero-order valence-electron chi connectivity index (χ0n) is 18.9. The first-order chi connectivity index (χ1) is 16.1. The van der Waals surface area contributed by atoms with E-state index in [-0.39, 0.29) is 11.8 Å². The summed E-state index contributed by atoms with van der Waals surface area (Å²) in [7, 11) is 0. The Hall–Kier alpha value is -3.41. The largest absolute Gasteiger partial charge is 0.387 e. The van der Waals surface area contributed by atoms with E-state index >= 15 is 0 Å². The molecule has 2 amide bonds. The molecule has 0 aromatic heterocycles. The van der Waals surface area contributed by atoms with Crippen molar-refractivity contribution in [2.24, 2.45) is 10.7 Å². The fourth-order valence-electron chi connectivity index (χ4n) is 4.92. The summed E-state index contributed by atoms with van der Waals surface area (Å²) in [5, 5.41) is 0. The second-order valence-electron chi connectivity index (χ2n) is 9.15. The Bertz CT molecular complexity index is 1120. The first kappa shape index (κ1) is 21.4. The Balaban J connectivity index is 1.39. The van der Waals surface area contributed by atoms with E-state index in [9.17, 15) is 9.59 Å². The van der Waals surface area contributed by atoms with Crippen LogP contribution in [0.2, 0.25) is 0 Å². The van der Waals surface area contributed by atoms with Crippen molar-refractivity contribution in [2.45, 2.75) is 38.5 Å². The van der Waals surface area contributed by atoms with Crippen LogP contribution in [0.15, 0.2) is 53.0 Å². The number of carbonyl (C=O) groups excluding carboxylic acids is 2. The number of piperidine rings is 1. The maximum Gasteiger partial charge on any atom is 0.253 e. The van der Waals surface area contributed by atoms with E-state index in [4.69, 9.17) is 5.73 Å². The van der Waals surface area contributed by atoms with Crippen molar-refractivity contribution >= 4 is 29.4 Å². The summed E-state index contributed by atoms with van der Waals surface area (Å²) in [5.74, 6) is 0.631. The van der Waals surface area contributed by atoms with Crippen LogP contribution in [0.5, 0.6) is 0 Å². The first-order valence-electron chi connectivity index (χ1n) is 12.0. The molecule has 2 fully saturated rings. The van der Waals surface area contributed by atoms with Crippen LogP contribution >= 0.6 is 0 Å². The zero-order chi connectivity index (χ0) is 22.8. The molecule has 0 aliphatic carbocycles. The monoisotopic (exact) mass is 442 g/mol. The quantitative estimate of drug-likeness (QED) is 0.766. The maximum absolute atomic E-state index is 13.0. The summed E-state index contributed by atoms with van der Waals surface area (Å²) >= 11 is 0. The lowest BCUT2D eigenvalue weighted by molar-refractivity contribution is -0.127. The molecule has 0 spiro atoms.